The molecule has 0 heterocycles. The van der Waals surface area contributed by atoms with Crippen LogP contribution in [0.25, 0.3) is 0 Å². The number of carbonyl (C=O) groups is 1. The van der Waals surface area contributed by atoms with Crippen molar-refractivity contribution in [1.82, 2.24) is 4.31 Å². The van der Waals surface area contributed by atoms with Crippen LogP contribution < -0.4 is 0 Å². The molecule has 2 aromatic rings. The second-order valence-electron chi connectivity index (χ2n) is 6.24. The maximum absolute atomic E-state index is 13.0. The Balaban J connectivity index is 2.21. The quantitative estimate of drug-likeness (QED) is 0.717. The Hall–Kier alpha value is -2.25. The van der Waals surface area contributed by atoms with Gasteiger partial charge in [0.05, 0.1) is 10.5 Å². The van der Waals surface area contributed by atoms with Crippen molar-refractivity contribution in [2.75, 3.05) is 7.05 Å². The minimum Gasteiger partial charge on any atom is -0.454 e. The molecule has 26 heavy (non-hydrogen) atoms. The Morgan fingerprint density at radius 1 is 1.08 bits per heavy atom. The molecule has 0 fully saturated rings. The first-order valence-electron chi connectivity index (χ1n) is 8.17. The minimum absolute atomic E-state index is 0.0255. The first kappa shape index (κ1) is 20.1. The Kier molecular flexibility index (Phi) is 6.15. The highest BCUT2D eigenvalue weighted by molar-refractivity contribution is 7.89. The summed E-state index contributed by atoms with van der Waals surface area (Å²) in [6, 6.07) is 11.2. The van der Waals surface area contributed by atoms with Crippen molar-refractivity contribution >= 4 is 16.0 Å². The highest BCUT2D eigenvalue weighted by Crippen LogP contribution is 2.22. The minimum atomic E-state index is -3.70. The van der Waals surface area contributed by atoms with Crippen LogP contribution in [0.4, 0.5) is 4.39 Å². The molecule has 0 aliphatic heterocycles. The molecule has 0 aromatic heterocycles. The SMILES string of the molecule is CC(OC(=O)c1cccc(S(=O)(=O)N(C)C(C)C)c1)c1ccc(F)cc1. The number of hydrogen-bond donors (Lipinski definition) is 0. The molecule has 1 atom stereocenters. The first-order chi connectivity index (χ1) is 12.1. The van der Waals surface area contributed by atoms with Crippen molar-refractivity contribution < 1.29 is 22.3 Å². The number of rotatable bonds is 6. The maximum Gasteiger partial charge on any atom is 0.338 e. The van der Waals surface area contributed by atoms with Crippen LogP contribution in [0, 0.1) is 5.82 Å². The number of ether oxygens (including phenoxy) is 1. The molecule has 0 aliphatic rings. The fourth-order valence-corrected chi connectivity index (χ4v) is 3.67. The van der Waals surface area contributed by atoms with Crippen LogP contribution in [0.1, 0.15) is 42.8 Å². The van der Waals surface area contributed by atoms with Gasteiger partial charge < -0.3 is 4.74 Å². The Morgan fingerprint density at radius 2 is 1.69 bits per heavy atom. The van der Waals surface area contributed by atoms with E-state index >= 15 is 0 Å². The maximum atomic E-state index is 13.0. The van der Waals surface area contributed by atoms with Crippen molar-refractivity contribution in [2.24, 2.45) is 0 Å². The number of hydrogen-bond acceptors (Lipinski definition) is 4. The summed E-state index contributed by atoms with van der Waals surface area (Å²) >= 11 is 0. The Morgan fingerprint density at radius 3 is 2.27 bits per heavy atom. The van der Waals surface area contributed by atoms with E-state index in [0.717, 1.165) is 0 Å². The number of carbonyl (C=O) groups excluding carboxylic acids is 1. The molecular weight excluding hydrogens is 357 g/mol. The third kappa shape index (κ3) is 4.47. The van der Waals surface area contributed by atoms with E-state index in [2.05, 4.69) is 0 Å². The zero-order chi connectivity index (χ0) is 19.5. The molecule has 0 bridgehead atoms. The highest BCUT2D eigenvalue weighted by Gasteiger charge is 2.24. The highest BCUT2D eigenvalue weighted by atomic mass is 32.2. The van der Waals surface area contributed by atoms with Gasteiger partial charge in [-0.3, -0.25) is 0 Å². The van der Waals surface area contributed by atoms with E-state index in [-0.39, 0.29) is 22.3 Å². The van der Waals surface area contributed by atoms with Crippen molar-refractivity contribution in [3.05, 3.63) is 65.5 Å². The van der Waals surface area contributed by atoms with E-state index < -0.39 is 22.1 Å². The van der Waals surface area contributed by atoms with Crippen molar-refractivity contribution in [2.45, 2.75) is 37.8 Å². The largest absolute Gasteiger partial charge is 0.454 e. The molecule has 0 aliphatic carbocycles. The van der Waals surface area contributed by atoms with Crippen LogP contribution in [0.3, 0.4) is 0 Å². The number of sulfonamides is 1. The molecule has 0 saturated heterocycles. The number of halogens is 1. The molecule has 140 valence electrons. The summed E-state index contributed by atoms with van der Waals surface area (Å²) in [7, 11) is -2.21. The van der Waals surface area contributed by atoms with Crippen LogP contribution in [-0.4, -0.2) is 31.8 Å². The van der Waals surface area contributed by atoms with E-state index in [1.807, 2.05) is 0 Å². The Bertz CT molecular complexity index is 879. The molecular formula is C19H22FNO4S. The van der Waals surface area contributed by atoms with Crippen LogP contribution in [0.15, 0.2) is 53.4 Å². The Labute approximate surface area is 153 Å². The fraction of sp³-hybridized carbons (Fsp3) is 0.316. The third-order valence-corrected chi connectivity index (χ3v) is 6.13. The van der Waals surface area contributed by atoms with E-state index in [9.17, 15) is 17.6 Å². The summed E-state index contributed by atoms with van der Waals surface area (Å²) in [5.41, 5.74) is 0.778. The summed E-state index contributed by atoms with van der Waals surface area (Å²) in [5, 5.41) is 0. The number of esters is 1. The molecule has 0 radical (unpaired) electrons. The number of nitrogens with zero attached hydrogens (tertiary/aromatic N) is 1. The summed E-state index contributed by atoms with van der Waals surface area (Å²) in [5.74, 6) is -1.02. The van der Waals surface area contributed by atoms with E-state index in [4.69, 9.17) is 4.74 Å². The third-order valence-electron chi connectivity index (χ3n) is 4.10. The van der Waals surface area contributed by atoms with Gasteiger partial charge in [-0.05, 0) is 56.7 Å². The summed E-state index contributed by atoms with van der Waals surface area (Å²) in [4.78, 5) is 12.4. The second-order valence-corrected chi connectivity index (χ2v) is 8.24. The van der Waals surface area contributed by atoms with Gasteiger partial charge in [0.25, 0.3) is 0 Å². The van der Waals surface area contributed by atoms with Crippen LogP contribution >= 0.6 is 0 Å². The average molecular weight is 379 g/mol. The summed E-state index contributed by atoms with van der Waals surface area (Å²) < 4.78 is 44.7. The van der Waals surface area contributed by atoms with Gasteiger partial charge in [0.2, 0.25) is 10.0 Å². The van der Waals surface area contributed by atoms with Gasteiger partial charge in [0.15, 0.2) is 0 Å². The zero-order valence-corrected chi connectivity index (χ0v) is 16.0. The molecule has 0 spiro atoms. The molecule has 0 N–H and O–H groups in total. The van der Waals surface area contributed by atoms with Gasteiger partial charge in [-0.15, -0.1) is 0 Å². The van der Waals surface area contributed by atoms with Crippen LogP contribution in [0.5, 0.6) is 0 Å². The van der Waals surface area contributed by atoms with E-state index in [1.54, 1.807) is 20.8 Å². The lowest BCUT2D eigenvalue weighted by Gasteiger charge is -2.21. The van der Waals surface area contributed by atoms with E-state index in [1.165, 1.54) is 59.9 Å². The van der Waals surface area contributed by atoms with Gasteiger partial charge >= 0.3 is 5.97 Å². The van der Waals surface area contributed by atoms with Crippen LogP contribution in [-0.2, 0) is 14.8 Å². The monoisotopic (exact) mass is 379 g/mol. The first-order valence-corrected chi connectivity index (χ1v) is 9.61. The second kappa shape index (κ2) is 7.97. The molecule has 1 unspecified atom stereocenters. The molecule has 5 nitrogen and oxygen atoms in total. The van der Waals surface area contributed by atoms with Gasteiger partial charge in [0, 0.05) is 13.1 Å². The zero-order valence-electron chi connectivity index (χ0n) is 15.1. The predicted molar refractivity (Wildman–Crippen MR) is 96.8 cm³/mol. The van der Waals surface area contributed by atoms with Crippen molar-refractivity contribution in [3.8, 4) is 0 Å². The number of benzene rings is 2. The van der Waals surface area contributed by atoms with Gasteiger partial charge in [-0.25, -0.2) is 17.6 Å². The predicted octanol–water partition coefficient (Wildman–Crippen LogP) is 3.77. The molecule has 7 heteroatoms. The standard InChI is InChI=1S/C19H22FNO4S/c1-13(2)21(4)26(23,24)18-7-5-6-16(12-18)19(22)25-14(3)15-8-10-17(20)11-9-15/h5-14H,1-4H3. The normalized spacial score (nSPS) is 13.0. The van der Waals surface area contributed by atoms with Crippen LogP contribution in [0.2, 0.25) is 0 Å². The van der Waals surface area contributed by atoms with Gasteiger partial charge in [-0.2, -0.15) is 4.31 Å². The smallest absolute Gasteiger partial charge is 0.338 e. The topological polar surface area (TPSA) is 63.7 Å². The molecule has 0 saturated carbocycles. The lowest BCUT2D eigenvalue weighted by molar-refractivity contribution is 0.0337. The fourth-order valence-electron chi connectivity index (χ4n) is 2.26. The van der Waals surface area contributed by atoms with Crippen molar-refractivity contribution in [3.63, 3.8) is 0 Å². The lowest BCUT2D eigenvalue weighted by Crippen LogP contribution is -2.33. The van der Waals surface area contributed by atoms with Gasteiger partial charge in [-0.1, -0.05) is 18.2 Å². The molecule has 2 rings (SSSR count). The van der Waals surface area contributed by atoms with Crippen molar-refractivity contribution in [1.29, 1.82) is 0 Å². The molecule has 0 amide bonds. The average Bonchev–Trinajstić information content (AvgIpc) is 2.61. The molecule has 2 aromatic carbocycles. The summed E-state index contributed by atoms with van der Waals surface area (Å²) in [6.07, 6.45) is -0.596. The van der Waals surface area contributed by atoms with Gasteiger partial charge in [0.1, 0.15) is 11.9 Å². The summed E-state index contributed by atoms with van der Waals surface area (Å²) in [6.45, 7) is 5.19. The lowest BCUT2D eigenvalue weighted by atomic mass is 10.1. The van der Waals surface area contributed by atoms with E-state index in [0.29, 0.717) is 5.56 Å².